The molecule has 0 heterocycles. The van der Waals surface area contributed by atoms with E-state index in [9.17, 15) is 0 Å². The van der Waals surface area contributed by atoms with Crippen molar-refractivity contribution in [3.8, 4) is 0 Å². The summed E-state index contributed by atoms with van der Waals surface area (Å²) < 4.78 is 0. The average molecular weight is 251 g/mol. The van der Waals surface area contributed by atoms with E-state index >= 15 is 0 Å². The molecule has 0 spiro atoms. The molecule has 0 atom stereocenters. The molecule has 0 aromatic heterocycles. The molecule has 94 valence electrons. The van der Waals surface area contributed by atoms with Gasteiger partial charge in [0, 0.05) is 24.8 Å². The second-order valence-corrected chi connectivity index (χ2v) is 4.93. The fraction of sp³-hybridized carbons (Fsp3) is 0.462. The van der Waals surface area contributed by atoms with E-state index < -0.39 is 0 Å². The number of nitrogens with two attached hydrogens (primary N) is 1. The Morgan fingerprint density at radius 1 is 1.12 bits per heavy atom. The minimum absolute atomic E-state index is 0.451. The zero-order chi connectivity index (χ0) is 12.8. The summed E-state index contributed by atoms with van der Waals surface area (Å²) in [5, 5.41) is 0. The summed E-state index contributed by atoms with van der Waals surface area (Å²) in [5.41, 5.74) is 7.69. The fourth-order valence-corrected chi connectivity index (χ4v) is 1.77. The summed E-state index contributed by atoms with van der Waals surface area (Å²) in [5.74, 6) is 0. The Morgan fingerprint density at radius 2 is 1.71 bits per heavy atom. The summed E-state index contributed by atoms with van der Waals surface area (Å²) in [4.78, 5) is 4.89. The molecule has 0 radical (unpaired) electrons. The molecule has 3 nitrogen and oxygen atoms in total. The van der Waals surface area contributed by atoms with Gasteiger partial charge in [-0.05, 0) is 51.3 Å². The van der Waals surface area contributed by atoms with Crippen LogP contribution in [0.2, 0.25) is 0 Å². The molecule has 17 heavy (non-hydrogen) atoms. The van der Waals surface area contributed by atoms with E-state index in [1.165, 1.54) is 5.69 Å². The molecule has 0 fully saturated rings. The van der Waals surface area contributed by atoms with Gasteiger partial charge in [-0.1, -0.05) is 12.2 Å². The van der Waals surface area contributed by atoms with Crippen LogP contribution in [-0.2, 0) is 0 Å². The first-order chi connectivity index (χ1) is 8.00. The topological polar surface area (TPSA) is 32.5 Å². The molecule has 1 aromatic rings. The van der Waals surface area contributed by atoms with Crippen LogP contribution in [0.4, 0.5) is 5.69 Å². The number of benzene rings is 1. The van der Waals surface area contributed by atoms with Gasteiger partial charge >= 0.3 is 0 Å². The van der Waals surface area contributed by atoms with E-state index in [-0.39, 0.29) is 0 Å². The van der Waals surface area contributed by atoms with Gasteiger partial charge in [-0.3, -0.25) is 0 Å². The largest absolute Gasteiger partial charge is 0.389 e. The highest BCUT2D eigenvalue weighted by molar-refractivity contribution is 7.80. The summed E-state index contributed by atoms with van der Waals surface area (Å²) in [6.07, 6.45) is 1.15. The van der Waals surface area contributed by atoms with E-state index in [1.54, 1.807) is 0 Å². The molecule has 0 unspecified atom stereocenters. The van der Waals surface area contributed by atoms with E-state index in [0.29, 0.717) is 4.99 Å². The predicted octanol–water partition coefficient (Wildman–Crippen LogP) is 1.71. The van der Waals surface area contributed by atoms with Gasteiger partial charge in [0.05, 0.1) is 0 Å². The Hall–Kier alpha value is -1.13. The Balaban J connectivity index is 2.51. The van der Waals surface area contributed by atoms with Gasteiger partial charge in [0.2, 0.25) is 0 Å². The molecule has 2 N–H and O–H groups in total. The van der Waals surface area contributed by atoms with Gasteiger partial charge < -0.3 is 15.5 Å². The van der Waals surface area contributed by atoms with Crippen LogP contribution in [-0.4, -0.2) is 44.1 Å². The molecular formula is C13H21N3S. The summed E-state index contributed by atoms with van der Waals surface area (Å²) >= 11 is 4.93. The van der Waals surface area contributed by atoms with Crippen molar-refractivity contribution in [2.75, 3.05) is 39.1 Å². The molecule has 1 rings (SSSR count). The lowest BCUT2D eigenvalue weighted by molar-refractivity contribution is 0.401. The first-order valence-corrected chi connectivity index (χ1v) is 6.17. The summed E-state index contributed by atoms with van der Waals surface area (Å²) in [7, 11) is 6.29. The molecule has 0 bridgehead atoms. The second kappa shape index (κ2) is 6.57. The highest BCUT2D eigenvalue weighted by Crippen LogP contribution is 2.14. The van der Waals surface area contributed by atoms with Crippen LogP contribution in [0.1, 0.15) is 12.0 Å². The highest BCUT2D eigenvalue weighted by Gasteiger charge is 2.02. The van der Waals surface area contributed by atoms with E-state index in [2.05, 4.69) is 43.1 Å². The molecular weight excluding hydrogens is 230 g/mol. The maximum absolute atomic E-state index is 5.57. The number of hydrogen-bond donors (Lipinski definition) is 1. The van der Waals surface area contributed by atoms with Gasteiger partial charge in [0.25, 0.3) is 0 Å². The van der Waals surface area contributed by atoms with Crippen LogP contribution < -0.4 is 10.6 Å². The second-order valence-electron chi connectivity index (χ2n) is 4.49. The predicted molar refractivity (Wildman–Crippen MR) is 78.8 cm³/mol. The number of hydrogen-bond acceptors (Lipinski definition) is 3. The zero-order valence-corrected chi connectivity index (χ0v) is 11.6. The Morgan fingerprint density at radius 3 is 2.18 bits per heavy atom. The van der Waals surface area contributed by atoms with Crippen LogP contribution in [0.25, 0.3) is 0 Å². The van der Waals surface area contributed by atoms with Crippen molar-refractivity contribution < 1.29 is 0 Å². The number of thiocarbonyl (C=S) groups is 1. The Bertz CT molecular complexity index is 359. The highest BCUT2D eigenvalue weighted by atomic mass is 32.1. The van der Waals surface area contributed by atoms with Gasteiger partial charge in [-0.15, -0.1) is 0 Å². The van der Waals surface area contributed by atoms with Crippen molar-refractivity contribution in [3.63, 3.8) is 0 Å². The van der Waals surface area contributed by atoms with Crippen LogP contribution in [0.3, 0.4) is 0 Å². The average Bonchev–Trinajstić information content (AvgIpc) is 2.28. The summed E-state index contributed by atoms with van der Waals surface area (Å²) in [6, 6.07) is 8.06. The number of rotatable bonds is 6. The van der Waals surface area contributed by atoms with Gasteiger partial charge in [0.1, 0.15) is 4.99 Å². The van der Waals surface area contributed by atoms with Crippen molar-refractivity contribution in [2.45, 2.75) is 6.42 Å². The van der Waals surface area contributed by atoms with Crippen molar-refractivity contribution in [1.82, 2.24) is 4.90 Å². The number of nitrogens with zero attached hydrogens (tertiary/aromatic N) is 2. The maximum Gasteiger partial charge on any atom is 0.103 e. The van der Waals surface area contributed by atoms with Crippen molar-refractivity contribution >= 4 is 22.9 Å². The lowest BCUT2D eigenvalue weighted by Gasteiger charge is -2.20. The zero-order valence-electron chi connectivity index (χ0n) is 10.8. The molecule has 0 aliphatic carbocycles. The monoisotopic (exact) mass is 251 g/mol. The molecule has 0 saturated heterocycles. The molecule has 0 aliphatic heterocycles. The number of anilines is 1. The first kappa shape index (κ1) is 13.9. The SMILES string of the molecule is CN(C)CCCN(C)c1ccc(C(N)=S)cc1. The minimum atomic E-state index is 0.451. The third-order valence-corrected chi connectivity index (χ3v) is 2.93. The molecule has 0 aliphatic rings. The first-order valence-electron chi connectivity index (χ1n) is 5.76. The van der Waals surface area contributed by atoms with Crippen LogP contribution >= 0.6 is 12.2 Å². The van der Waals surface area contributed by atoms with Crippen LogP contribution in [0, 0.1) is 0 Å². The third kappa shape index (κ3) is 4.71. The van der Waals surface area contributed by atoms with Gasteiger partial charge in [-0.25, -0.2) is 0 Å². The summed E-state index contributed by atoms with van der Waals surface area (Å²) in [6.45, 7) is 2.15. The lowest BCUT2D eigenvalue weighted by atomic mass is 10.2. The normalized spacial score (nSPS) is 10.6. The fourth-order valence-electron chi connectivity index (χ4n) is 1.63. The van der Waals surface area contributed by atoms with Crippen molar-refractivity contribution in [2.24, 2.45) is 5.73 Å². The lowest BCUT2D eigenvalue weighted by Crippen LogP contribution is -2.23. The third-order valence-electron chi connectivity index (χ3n) is 2.69. The standard InChI is InChI=1S/C13H21N3S/c1-15(2)9-4-10-16(3)12-7-5-11(6-8-12)13(14)17/h5-8H,4,9-10H2,1-3H3,(H2,14,17). The van der Waals surface area contributed by atoms with Crippen LogP contribution in [0.15, 0.2) is 24.3 Å². The van der Waals surface area contributed by atoms with Crippen LogP contribution in [0.5, 0.6) is 0 Å². The Kier molecular flexibility index (Phi) is 5.38. The molecule has 0 amide bonds. The molecule has 1 aromatic carbocycles. The van der Waals surface area contributed by atoms with E-state index in [1.807, 2.05) is 12.1 Å². The van der Waals surface area contributed by atoms with Gasteiger partial charge in [0.15, 0.2) is 0 Å². The van der Waals surface area contributed by atoms with Crippen molar-refractivity contribution in [1.29, 1.82) is 0 Å². The van der Waals surface area contributed by atoms with Crippen molar-refractivity contribution in [3.05, 3.63) is 29.8 Å². The molecule has 4 heteroatoms. The Labute approximate surface area is 109 Å². The van der Waals surface area contributed by atoms with Gasteiger partial charge in [-0.2, -0.15) is 0 Å². The maximum atomic E-state index is 5.57. The quantitative estimate of drug-likeness (QED) is 0.780. The molecule has 0 saturated carbocycles. The smallest absolute Gasteiger partial charge is 0.103 e. The van der Waals surface area contributed by atoms with E-state index in [0.717, 1.165) is 25.1 Å². The van der Waals surface area contributed by atoms with E-state index in [4.69, 9.17) is 18.0 Å². The minimum Gasteiger partial charge on any atom is -0.389 e.